The first kappa shape index (κ1) is 14.5. The van der Waals surface area contributed by atoms with Crippen LogP contribution in [-0.4, -0.2) is 21.2 Å². The van der Waals surface area contributed by atoms with Gasteiger partial charge in [-0.05, 0) is 36.9 Å². The van der Waals surface area contributed by atoms with Crippen molar-refractivity contribution in [2.24, 2.45) is 4.99 Å². The van der Waals surface area contributed by atoms with Crippen LogP contribution in [0.4, 0.5) is 0 Å². The van der Waals surface area contributed by atoms with E-state index in [4.69, 9.17) is 9.98 Å². The molecular formula is C19H19N3S. The molecule has 0 aliphatic carbocycles. The zero-order valence-electron chi connectivity index (χ0n) is 13.8. The number of benzene rings is 1. The highest BCUT2D eigenvalue weighted by Gasteiger charge is 2.44. The maximum absolute atomic E-state index is 5.08. The van der Waals surface area contributed by atoms with Crippen molar-refractivity contribution in [3.05, 3.63) is 58.0 Å². The van der Waals surface area contributed by atoms with Crippen molar-refractivity contribution in [1.82, 2.24) is 9.97 Å². The van der Waals surface area contributed by atoms with Gasteiger partial charge in [0.1, 0.15) is 5.69 Å². The van der Waals surface area contributed by atoms with Gasteiger partial charge in [-0.3, -0.25) is 9.98 Å². The number of para-hydroxylation sites is 2. The summed E-state index contributed by atoms with van der Waals surface area (Å²) in [5.41, 5.74) is 6.00. The van der Waals surface area contributed by atoms with Gasteiger partial charge in [-0.2, -0.15) is 11.3 Å². The molecule has 116 valence electrons. The van der Waals surface area contributed by atoms with E-state index in [0.717, 1.165) is 22.4 Å². The van der Waals surface area contributed by atoms with E-state index >= 15 is 0 Å². The van der Waals surface area contributed by atoms with E-state index < -0.39 is 0 Å². The quantitative estimate of drug-likeness (QED) is 0.657. The molecule has 4 rings (SSSR count). The van der Waals surface area contributed by atoms with Crippen molar-refractivity contribution in [3.8, 4) is 0 Å². The van der Waals surface area contributed by atoms with Gasteiger partial charge in [-0.25, -0.2) is 4.98 Å². The Labute approximate surface area is 140 Å². The summed E-state index contributed by atoms with van der Waals surface area (Å²) >= 11 is 1.73. The molecule has 3 heterocycles. The zero-order valence-corrected chi connectivity index (χ0v) is 14.6. The molecule has 2 aromatic heterocycles. The van der Waals surface area contributed by atoms with Crippen LogP contribution in [0, 0.1) is 0 Å². The fourth-order valence-corrected chi connectivity index (χ4v) is 4.04. The summed E-state index contributed by atoms with van der Waals surface area (Å²) in [7, 11) is 0. The van der Waals surface area contributed by atoms with Crippen LogP contribution in [0.25, 0.3) is 11.0 Å². The minimum absolute atomic E-state index is 0.00386. The van der Waals surface area contributed by atoms with Crippen molar-refractivity contribution in [1.29, 1.82) is 0 Å². The second-order valence-electron chi connectivity index (χ2n) is 7.09. The number of aromatic nitrogens is 2. The van der Waals surface area contributed by atoms with Crippen LogP contribution in [-0.2, 0) is 5.41 Å². The Hall–Kier alpha value is -2.07. The number of thiophene rings is 1. The van der Waals surface area contributed by atoms with Gasteiger partial charge in [0.15, 0.2) is 0 Å². The first-order valence-corrected chi connectivity index (χ1v) is 8.73. The molecule has 1 aliphatic heterocycles. The molecule has 23 heavy (non-hydrogen) atoms. The van der Waals surface area contributed by atoms with E-state index in [1.165, 1.54) is 11.1 Å². The summed E-state index contributed by atoms with van der Waals surface area (Å²) in [6.07, 6.45) is 1.84. The SMILES string of the molecule is CC1(C)N=C(c2cnc3ccccc3n2)c2cscc2C1(C)C. The van der Waals surface area contributed by atoms with Crippen LogP contribution in [0.5, 0.6) is 0 Å². The number of fused-ring (bicyclic) bond motifs is 2. The van der Waals surface area contributed by atoms with E-state index in [1.807, 2.05) is 30.5 Å². The van der Waals surface area contributed by atoms with Gasteiger partial charge in [0.2, 0.25) is 0 Å². The molecule has 0 fully saturated rings. The normalized spacial score (nSPS) is 18.5. The zero-order chi connectivity index (χ0) is 16.2. The molecule has 0 bridgehead atoms. The molecular weight excluding hydrogens is 302 g/mol. The minimum Gasteiger partial charge on any atom is -0.275 e. The van der Waals surface area contributed by atoms with Crippen molar-refractivity contribution >= 4 is 28.1 Å². The standard InChI is InChI=1S/C19H19N3S/c1-18(2)13-11-23-10-12(13)17(22-19(18,3)4)16-9-20-14-7-5-6-8-15(14)21-16/h5-11H,1-4H3. The topological polar surface area (TPSA) is 38.1 Å². The Morgan fingerprint density at radius 2 is 1.70 bits per heavy atom. The molecule has 0 spiro atoms. The third kappa shape index (κ3) is 2.05. The monoisotopic (exact) mass is 321 g/mol. The smallest absolute Gasteiger partial charge is 0.108 e. The first-order valence-electron chi connectivity index (χ1n) is 7.79. The molecule has 3 aromatic rings. The van der Waals surface area contributed by atoms with Crippen LogP contribution in [0.3, 0.4) is 0 Å². The molecule has 0 amide bonds. The number of hydrogen-bond acceptors (Lipinski definition) is 4. The second kappa shape index (κ2) is 4.71. The first-order chi connectivity index (χ1) is 10.9. The Morgan fingerprint density at radius 3 is 2.48 bits per heavy atom. The van der Waals surface area contributed by atoms with Crippen molar-refractivity contribution in [2.75, 3.05) is 0 Å². The van der Waals surface area contributed by atoms with Crippen molar-refractivity contribution in [3.63, 3.8) is 0 Å². The highest BCUT2D eigenvalue weighted by molar-refractivity contribution is 7.08. The fourth-order valence-electron chi connectivity index (χ4n) is 3.04. The summed E-state index contributed by atoms with van der Waals surface area (Å²) < 4.78 is 0. The number of nitrogens with zero attached hydrogens (tertiary/aromatic N) is 3. The largest absolute Gasteiger partial charge is 0.275 e. The third-order valence-electron chi connectivity index (χ3n) is 5.20. The lowest BCUT2D eigenvalue weighted by Crippen LogP contribution is -2.45. The number of rotatable bonds is 1. The van der Waals surface area contributed by atoms with Crippen LogP contribution in [0.15, 0.2) is 46.2 Å². The highest BCUT2D eigenvalue weighted by atomic mass is 32.1. The van der Waals surface area contributed by atoms with Gasteiger partial charge in [-0.1, -0.05) is 26.0 Å². The van der Waals surface area contributed by atoms with Crippen LogP contribution in [0.2, 0.25) is 0 Å². The average Bonchev–Trinajstić information content (AvgIpc) is 3.01. The maximum Gasteiger partial charge on any atom is 0.108 e. The van der Waals surface area contributed by atoms with E-state index in [2.05, 4.69) is 43.4 Å². The Balaban J connectivity index is 1.95. The summed E-state index contributed by atoms with van der Waals surface area (Å²) in [6.45, 7) is 8.93. The summed E-state index contributed by atoms with van der Waals surface area (Å²) in [6, 6.07) is 7.96. The summed E-state index contributed by atoms with van der Waals surface area (Å²) in [5, 5.41) is 4.43. The lowest BCUT2D eigenvalue weighted by molar-refractivity contribution is 0.304. The van der Waals surface area contributed by atoms with E-state index in [0.29, 0.717) is 0 Å². The number of hydrogen-bond donors (Lipinski definition) is 0. The maximum atomic E-state index is 5.08. The minimum atomic E-state index is -0.191. The van der Waals surface area contributed by atoms with E-state index in [1.54, 1.807) is 11.3 Å². The molecule has 0 unspecified atom stereocenters. The lowest BCUT2D eigenvalue weighted by atomic mass is 9.67. The van der Waals surface area contributed by atoms with E-state index in [9.17, 15) is 0 Å². The Morgan fingerprint density at radius 1 is 0.957 bits per heavy atom. The molecule has 3 nitrogen and oxygen atoms in total. The van der Waals surface area contributed by atoms with Crippen LogP contribution < -0.4 is 0 Å². The van der Waals surface area contributed by atoms with Crippen LogP contribution >= 0.6 is 11.3 Å². The third-order valence-corrected chi connectivity index (χ3v) is 5.95. The molecule has 0 saturated carbocycles. The predicted octanol–water partition coefficient (Wildman–Crippen LogP) is 4.60. The summed E-state index contributed by atoms with van der Waals surface area (Å²) in [5.74, 6) is 0. The molecule has 4 heteroatoms. The Bertz CT molecular complexity index is 934. The van der Waals surface area contributed by atoms with Gasteiger partial charge in [-0.15, -0.1) is 0 Å². The molecule has 0 radical (unpaired) electrons. The Kier molecular flexibility index (Phi) is 2.97. The van der Waals surface area contributed by atoms with Crippen LogP contribution in [0.1, 0.15) is 44.5 Å². The molecule has 0 N–H and O–H groups in total. The van der Waals surface area contributed by atoms with Gasteiger partial charge in [0.05, 0.1) is 28.5 Å². The molecule has 0 atom stereocenters. The van der Waals surface area contributed by atoms with E-state index in [-0.39, 0.29) is 11.0 Å². The average molecular weight is 321 g/mol. The van der Waals surface area contributed by atoms with Crippen molar-refractivity contribution in [2.45, 2.75) is 38.6 Å². The number of aliphatic imine (C=N–C) groups is 1. The van der Waals surface area contributed by atoms with Gasteiger partial charge >= 0.3 is 0 Å². The van der Waals surface area contributed by atoms with Gasteiger partial charge in [0, 0.05) is 16.4 Å². The van der Waals surface area contributed by atoms with Gasteiger partial charge < -0.3 is 0 Å². The highest BCUT2D eigenvalue weighted by Crippen LogP contribution is 2.45. The molecule has 0 saturated heterocycles. The fraction of sp³-hybridized carbons (Fsp3) is 0.316. The lowest BCUT2D eigenvalue weighted by Gasteiger charge is -2.43. The van der Waals surface area contributed by atoms with Gasteiger partial charge in [0.25, 0.3) is 0 Å². The van der Waals surface area contributed by atoms with Crippen molar-refractivity contribution < 1.29 is 0 Å². The second-order valence-corrected chi connectivity index (χ2v) is 7.83. The molecule has 1 aliphatic rings. The molecule has 1 aromatic carbocycles. The predicted molar refractivity (Wildman–Crippen MR) is 96.6 cm³/mol. The summed E-state index contributed by atoms with van der Waals surface area (Å²) in [4.78, 5) is 14.4.